The van der Waals surface area contributed by atoms with E-state index in [1.54, 1.807) is 0 Å². The van der Waals surface area contributed by atoms with E-state index in [2.05, 4.69) is 34.6 Å². The lowest BCUT2D eigenvalue weighted by Crippen LogP contribution is -2.30. The highest BCUT2D eigenvalue weighted by Crippen LogP contribution is 2.17. The predicted octanol–water partition coefficient (Wildman–Crippen LogP) is 16.5. The van der Waals surface area contributed by atoms with E-state index < -0.39 is 6.10 Å². The number of ether oxygens (including phenoxy) is 3. The van der Waals surface area contributed by atoms with Crippen molar-refractivity contribution < 1.29 is 28.6 Å². The fourth-order valence-corrected chi connectivity index (χ4v) is 7.81. The molecule has 0 fully saturated rings. The molecule has 0 aromatic rings. The van der Waals surface area contributed by atoms with Gasteiger partial charge in [-0.2, -0.15) is 0 Å². The molecule has 0 aliphatic heterocycles. The number of unbranched alkanes of at least 4 members (excludes halogenated alkanes) is 31. The third-order valence-corrected chi connectivity index (χ3v) is 11.7. The molecular formula is C52H100O6. The van der Waals surface area contributed by atoms with E-state index >= 15 is 0 Å². The minimum absolute atomic E-state index is 0.0650. The molecule has 0 radical (unpaired) electrons. The maximum absolute atomic E-state index is 12.7. The zero-order valence-electron chi connectivity index (χ0n) is 39.7. The molecule has 0 amide bonds. The molecule has 0 aromatic carbocycles. The van der Waals surface area contributed by atoms with E-state index in [-0.39, 0.29) is 31.1 Å². The molecule has 0 saturated carbocycles. The van der Waals surface area contributed by atoms with Gasteiger partial charge in [-0.3, -0.25) is 14.4 Å². The summed E-state index contributed by atoms with van der Waals surface area (Å²) >= 11 is 0. The summed E-state index contributed by atoms with van der Waals surface area (Å²) in [5, 5.41) is 0. The zero-order valence-corrected chi connectivity index (χ0v) is 39.7. The molecule has 344 valence electrons. The SMILES string of the molecule is CCCCCCCCCCCCCCCCCCCCCC(=O)OC[C@@H](COC(=O)CCCCCCCCC(C)C)OC(=O)CCCCCCCCCCCC(C)C. The van der Waals surface area contributed by atoms with Gasteiger partial charge in [-0.05, 0) is 31.1 Å². The van der Waals surface area contributed by atoms with Crippen molar-refractivity contribution in [1.29, 1.82) is 0 Å². The van der Waals surface area contributed by atoms with Gasteiger partial charge in [0.25, 0.3) is 0 Å². The summed E-state index contributed by atoms with van der Waals surface area (Å²) in [4.78, 5) is 37.8. The van der Waals surface area contributed by atoms with Gasteiger partial charge >= 0.3 is 17.9 Å². The lowest BCUT2D eigenvalue weighted by Gasteiger charge is -2.18. The number of hydrogen-bond acceptors (Lipinski definition) is 6. The van der Waals surface area contributed by atoms with Crippen molar-refractivity contribution in [3.05, 3.63) is 0 Å². The normalized spacial score (nSPS) is 12.1. The molecule has 0 aliphatic carbocycles. The van der Waals surface area contributed by atoms with Crippen LogP contribution < -0.4 is 0 Å². The highest BCUT2D eigenvalue weighted by Gasteiger charge is 2.19. The summed E-state index contributed by atoms with van der Waals surface area (Å²) in [5.74, 6) is 0.713. The minimum Gasteiger partial charge on any atom is -0.462 e. The van der Waals surface area contributed by atoms with Crippen molar-refractivity contribution >= 4 is 17.9 Å². The molecule has 58 heavy (non-hydrogen) atoms. The Hall–Kier alpha value is -1.59. The van der Waals surface area contributed by atoms with Crippen LogP contribution in [0, 0.1) is 11.8 Å². The first-order valence-corrected chi connectivity index (χ1v) is 25.7. The van der Waals surface area contributed by atoms with E-state index in [4.69, 9.17) is 14.2 Å². The maximum Gasteiger partial charge on any atom is 0.306 e. The summed E-state index contributed by atoms with van der Waals surface area (Å²) in [5.41, 5.74) is 0. The van der Waals surface area contributed by atoms with Gasteiger partial charge in [0.05, 0.1) is 0 Å². The fourth-order valence-electron chi connectivity index (χ4n) is 7.81. The van der Waals surface area contributed by atoms with Crippen molar-refractivity contribution in [1.82, 2.24) is 0 Å². The zero-order chi connectivity index (χ0) is 42.6. The number of rotatable bonds is 46. The number of carbonyl (C=O) groups is 3. The lowest BCUT2D eigenvalue weighted by molar-refractivity contribution is -0.167. The summed E-state index contributed by atoms with van der Waals surface area (Å²) < 4.78 is 16.8. The Morgan fingerprint density at radius 2 is 0.569 bits per heavy atom. The first-order valence-electron chi connectivity index (χ1n) is 25.7. The Balaban J connectivity index is 4.21. The van der Waals surface area contributed by atoms with Crippen LogP contribution >= 0.6 is 0 Å². The van der Waals surface area contributed by atoms with Crippen LogP contribution in [-0.4, -0.2) is 37.2 Å². The first kappa shape index (κ1) is 56.4. The number of esters is 3. The standard InChI is InChI=1S/C52H100O6/c1-6-7-8-9-10-11-12-13-14-15-16-17-18-19-20-23-26-32-37-42-50(53)56-45-49(46-57-51(54)43-38-33-29-28-31-36-41-48(4)5)58-52(55)44-39-34-27-24-21-22-25-30-35-40-47(2)3/h47-49H,6-46H2,1-5H3/t49-/m0/s1. The average molecular weight is 821 g/mol. The first-order chi connectivity index (χ1) is 28.2. The van der Waals surface area contributed by atoms with Gasteiger partial charge in [0.2, 0.25) is 0 Å². The Kier molecular flexibility index (Phi) is 43.7. The second kappa shape index (κ2) is 44.9. The predicted molar refractivity (Wildman–Crippen MR) is 247 cm³/mol. The molecule has 0 saturated heterocycles. The summed E-state index contributed by atoms with van der Waals surface area (Å²) in [7, 11) is 0. The molecule has 0 unspecified atom stereocenters. The topological polar surface area (TPSA) is 78.9 Å². The van der Waals surface area contributed by atoms with Crippen LogP contribution in [0.3, 0.4) is 0 Å². The van der Waals surface area contributed by atoms with Crippen LogP contribution in [0.1, 0.15) is 285 Å². The fraction of sp³-hybridized carbons (Fsp3) is 0.942. The van der Waals surface area contributed by atoms with E-state index in [0.717, 1.165) is 69.6 Å². The van der Waals surface area contributed by atoms with Gasteiger partial charge < -0.3 is 14.2 Å². The third-order valence-electron chi connectivity index (χ3n) is 11.7. The van der Waals surface area contributed by atoms with E-state index in [0.29, 0.717) is 19.3 Å². The molecule has 6 nitrogen and oxygen atoms in total. The van der Waals surface area contributed by atoms with Gasteiger partial charge in [0.1, 0.15) is 13.2 Å². The van der Waals surface area contributed by atoms with Gasteiger partial charge in [-0.15, -0.1) is 0 Å². The molecule has 0 heterocycles. The van der Waals surface area contributed by atoms with Crippen molar-refractivity contribution in [2.24, 2.45) is 11.8 Å². The van der Waals surface area contributed by atoms with Crippen molar-refractivity contribution in [3.63, 3.8) is 0 Å². The molecule has 0 rings (SSSR count). The van der Waals surface area contributed by atoms with Crippen LogP contribution in [0.5, 0.6) is 0 Å². The van der Waals surface area contributed by atoms with Crippen LogP contribution in [0.25, 0.3) is 0 Å². The Morgan fingerprint density at radius 3 is 0.845 bits per heavy atom. The second-order valence-corrected chi connectivity index (χ2v) is 18.8. The summed E-state index contributed by atoms with van der Waals surface area (Å²) in [6, 6.07) is 0. The van der Waals surface area contributed by atoms with Gasteiger partial charge in [-0.25, -0.2) is 0 Å². The van der Waals surface area contributed by atoms with E-state index in [9.17, 15) is 14.4 Å². The quantitative estimate of drug-likeness (QED) is 0.0346. The molecule has 6 heteroatoms. The molecular weight excluding hydrogens is 721 g/mol. The Bertz CT molecular complexity index is 885. The lowest BCUT2D eigenvalue weighted by atomic mass is 10.0. The van der Waals surface area contributed by atoms with Crippen LogP contribution in [-0.2, 0) is 28.6 Å². The van der Waals surface area contributed by atoms with Crippen LogP contribution in [0.15, 0.2) is 0 Å². The smallest absolute Gasteiger partial charge is 0.306 e. The molecule has 0 spiro atoms. The second-order valence-electron chi connectivity index (χ2n) is 18.8. The van der Waals surface area contributed by atoms with Crippen molar-refractivity contribution in [2.75, 3.05) is 13.2 Å². The van der Waals surface area contributed by atoms with Crippen molar-refractivity contribution in [3.8, 4) is 0 Å². The maximum atomic E-state index is 12.7. The van der Waals surface area contributed by atoms with Crippen LogP contribution in [0.2, 0.25) is 0 Å². The molecule has 0 aromatic heterocycles. The Morgan fingerprint density at radius 1 is 0.328 bits per heavy atom. The minimum atomic E-state index is -0.762. The third kappa shape index (κ3) is 45.5. The van der Waals surface area contributed by atoms with Gasteiger partial charge in [0.15, 0.2) is 6.10 Å². The van der Waals surface area contributed by atoms with Gasteiger partial charge in [-0.1, -0.05) is 247 Å². The van der Waals surface area contributed by atoms with Gasteiger partial charge in [0, 0.05) is 19.3 Å². The van der Waals surface area contributed by atoms with Crippen molar-refractivity contribution in [2.45, 2.75) is 291 Å². The highest BCUT2D eigenvalue weighted by atomic mass is 16.6. The summed E-state index contributed by atoms with van der Waals surface area (Å²) in [6.07, 6.45) is 45.4. The monoisotopic (exact) mass is 821 g/mol. The highest BCUT2D eigenvalue weighted by molar-refractivity contribution is 5.71. The average Bonchev–Trinajstić information content (AvgIpc) is 3.19. The molecule has 1 atom stereocenters. The summed E-state index contributed by atoms with van der Waals surface area (Å²) in [6.45, 7) is 11.3. The van der Waals surface area contributed by atoms with E-state index in [1.807, 2.05) is 0 Å². The largest absolute Gasteiger partial charge is 0.462 e. The molecule has 0 N–H and O–H groups in total. The van der Waals surface area contributed by atoms with Crippen LogP contribution in [0.4, 0.5) is 0 Å². The molecule has 0 bridgehead atoms. The number of carbonyl (C=O) groups excluding carboxylic acids is 3. The number of hydrogen-bond donors (Lipinski definition) is 0. The van der Waals surface area contributed by atoms with E-state index in [1.165, 1.54) is 173 Å². The Labute approximate surface area is 361 Å². The molecule has 0 aliphatic rings.